The number of hydrogen-bond acceptors (Lipinski definition) is 18. The first-order chi connectivity index (χ1) is 69.9. The Kier molecular flexibility index (Phi) is 73.2. The Labute approximate surface area is 887 Å². The first kappa shape index (κ1) is 132. The van der Waals surface area contributed by atoms with E-state index in [0.29, 0.717) is 65.1 Å². The van der Waals surface area contributed by atoms with Crippen LogP contribution < -0.4 is 16.7 Å². The van der Waals surface area contributed by atoms with E-state index < -0.39 is 0 Å². The summed E-state index contributed by atoms with van der Waals surface area (Å²) in [5.41, 5.74) is 16.1. The fourth-order valence-electron chi connectivity index (χ4n) is 14.0. The molecule has 798 valence electrons. The van der Waals surface area contributed by atoms with Gasteiger partial charge >= 0.3 is 0 Å². The van der Waals surface area contributed by atoms with Crippen molar-refractivity contribution in [2.45, 2.75) is 290 Å². The van der Waals surface area contributed by atoms with Crippen molar-refractivity contribution in [1.82, 2.24) is 88.9 Å². The summed E-state index contributed by atoms with van der Waals surface area (Å²) >= 11 is 0. The summed E-state index contributed by atoms with van der Waals surface area (Å²) in [4.78, 5) is 78.0. The third-order valence-electron chi connectivity index (χ3n) is 20.8. The topological polar surface area (TPSA) is 259 Å². The Morgan fingerprint density at radius 3 is 1.16 bits per heavy atom. The molecule has 14 rings (SSSR count). The van der Waals surface area contributed by atoms with Crippen LogP contribution >= 0.6 is 0 Å². The molecule has 1 atom stereocenters. The lowest BCUT2D eigenvalue weighted by atomic mass is 9.91. The Balaban J connectivity index is 0.000000792. The molecule has 0 saturated heterocycles. The third kappa shape index (κ3) is 74.7. The van der Waals surface area contributed by atoms with Gasteiger partial charge < -0.3 is 13.7 Å². The van der Waals surface area contributed by atoms with Crippen LogP contribution in [-0.4, -0.2) is 88.9 Å². The molecule has 0 spiro atoms. The van der Waals surface area contributed by atoms with Gasteiger partial charge in [-0.25, -0.2) is 29.9 Å². The van der Waals surface area contributed by atoms with E-state index in [1.807, 2.05) is 141 Å². The van der Waals surface area contributed by atoms with Crippen LogP contribution in [0.5, 0.6) is 0 Å². The van der Waals surface area contributed by atoms with Crippen LogP contribution in [-0.2, 0) is 105 Å². The molecule has 0 fully saturated rings. The molecule has 12 heterocycles. The van der Waals surface area contributed by atoms with E-state index in [1.165, 1.54) is 51.1 Å². The maximum absolute atomic E-state index is 11.5. The molecule has 0 aliphatic rings. The van der Waals surface area contributed by atoms with Crippen molar-refractivity contribution in [2.24, 2.45) is 104 Å². The SMILES string of the molecule is CC(C)C(C)c1ccccc1.CC(C)Cc1ccc(=O)n(C)c1.CC(C)Cc1ccccc1.CC(C)Cc1ccccn1.CC(C)Cc1cccn(C)c1=O.CC(C)Cc1cccnc1.CC(C)Cc1cccnn1.CC(C)Cc1ccn(C)c(=O)c1.CC(C)Cc1ccncc1.CC(C)Cc1ccncn1.CC(C)Cc1ccnnc1.CC(C)Cc1cnccn1.CC(C)Cc1cncnc1.CC(C)Cc1ncccn1. The minimum Gasteiger partial charge on any atom is -0.319 e. The van der Waals surface area contributed by atoms with Gasteiger partial charge in [0.25, 0.3) is 11.1 Å². The van der Waals surface area contributed by atoms with Crippen LogP contribution in [0.1, 0.15) is 285 Å². The zero-order valence-corrected chi connectivity index (χ0v) is 95.9. The van der Waals surface area contributed by atoms with E-state index in [9.17, 15) is 14.4 Å². The van der Waals surface area contributed by atoms with Crippen molar-refractivity contribution in [2.75, 3.05) is 0 Å². The third-order valence-corrected chi connectivity index (χ3v) is 20.8. The van der Waals surface area contributed by atoms with E-state index in [0.717, 1.165) is 135 Å². The highest BCUT2D eigenvalue weighted by molar-refractivity contribution is 5.21. The number of aromatic nitrogens is 18. The molecule has 0 N–H and O–H groups in total. The summed E-state index contributed by atoms with van der Waals surface area (Å²) < 4.78 is 4.83. The standard InChI is InChI=1S/C11H16.3C10H15NO.C10H14.3C9H13N.6C8H12N2/c1-9(2)10(3)11-7-5-4-6-8-11;1-8(2)6-9-4-5-11(3)10(12)7-9;1-8(2)6-9-4-5-10(12)11(3)7-9;1-8(2)7-9-5-4-6-11(3)10(9)12;1-9(2)8-10-6-4-3-5-7-10;1-8(2)7-9-3-5-10-6-4-9;1-8(2)6-9-4-3-5-10-7-9;1-8(2)7-9-5-3-4-6-10-9;1-7(2)3-8-4-9-6-10-5-8;1-7(2)5-8-6-9-3-4-10-8;1-7(2)5-8-3-4-9-6-10-8;1-7(2)5-8-3-4-9-10-6-8;1-7(2)6-8-9-4-3-5-10-8;1-7(2)6-8-4-3-5-9-10-8/h4-10H,1-3H3;2*4-5,7-8H,6H2,1-3H3;4-6,8H,7H2,1-3H3;3-7,9H,8H2,1-2H3;3-6,8H,7H2,1-2H3;3-5,7-8H,6H2,1-2H3;3-6,8H,7H2,1-2H3;4-7H,3H2,1-2H3;3*3-4,6-7H,5H2,1-2H3;2*3-5,7H,6H2,1-2H3. The molecular weight excluding hydrogens is 1810 g/mol. The lowest BCUT2D eigenvalue weighted by Crippen LogP contribution is -2.20. The van der Waals surface area contributed by atoms with E-state index in [-0.39, 0.29) is 16.7 Å². The molecule has 21 heteroatoms. The fourth-order valence-corrected chi connectivity index (χ4v) is 14.0. The van der Waals surface area contributed by atoms with Crippen molar-refractivity contribution >= 4 is 0 Å². The lowest BCUT2D eigenvalue weighted by molar-refractivity contribution is 0.535. The van der Waals surface area contributed by atoms with Gasteiger partial charge in [0.05, 0.1) is 17.6 Å². The van der Waals surface area contributed by atoms with E-state index in [1.54, 1.807) is 109 Å². The second-order valence-electron chi connectivity index (χ2n) is 42.9. The van der Waals surface area contributed by atoms with Crippen molar-refractivity contribution in [3.8, 4) is 0 Å². The second-order valence-corrected chi connectivity index (χ2v) is 42.9. The lowest BCUT2D eigenvalue weighted by Gasteiger charge is -2.15. The van der Waals surface area contributed by atoms with Crippen LogP contribution in [0, 0.1) is 82.9 Å². The molecule has 0 saturated carbocycles. The zero-order valence-electron chi connectivity index (χ0n) is 95.9. The molecule has 0 bridgehead atoms. The van der Waals surface area contributed by atoms with Crippen molar-refractivity contribution < 1.29 is 0 Å². The smallest absolute Gasteiger partial charge is 0.253 e. The number of benzene rings is 2. The minimum atomic E-state index is 0.0579. The van der Waals surface area contributed by atoms with Crippen LogP contribution in [0.3, 0.4) is 0 Å². The Bertz CT molecular complexity index is 4850. The molecule has 1 unspecified atom stereocenters. The Hall–Kier alpha value is -12.8. The number of aryl methyl sites for hydroxylation is 3. The second kappa shape index (κ2) is 81.3. The predicted octanol–water partition coefficient (Wildman–Crippen LogP) is 28.0. The van der Waals surface area contributed by atoms with Crippen molar-refractivity contribution in [1.29, 1.82) is 0 Å². The average molecular weight is 2000 g/mol. The van der Waals surface area contributed by atoms with Crippen molar-refractivity contribution in [3.05, 3.63) is 410 Å². The molecule has 0 aliphatic carbocycles. The highest BCUT2D eigenvalue weighted by Gasteiger charge is 2.10. The van der Waals surface area contributed by atoms with Gasteiger partial charge in [-0.3, -0.25) is 39.3 Å². The van der Waals surface area contributed by atoms with Gasteiger partial charge in [-0.05, 0) is 283 Å². The van der Waals surface area contributed by atoms with Crippen LogP contribution in [0.15, 0.2) is 315 Å². The normalized spacial score (nSPS) is 10.6. The Morgan fingerprint density at radius 1 is 0.238 bits per heavy atom. The monoisotopic (exact) mass is 2000 g/mol. The molecule has 14 aromatic rings. The molecule has 0 aliphatic heterocycles. The summed E-state index contributed by atoms with van der Waals surface area (Å²) in [6, 6.07) is 56.4. The molecular formula is C126H186N18O3. The van der Waals surface area contributed by atoms with E-state index in [4.69, 9.17) is 0 Å². The summed E-state index contributed by atoms with van der Waals surface area (Å²) in [5.74, 6) is 11.1. The van der Waals surface area contributed by atoms with E-state index in [2.05, 4.69) is 361 Å². The first-order valence-corrected chi connectivity index (χ1v) is 53.1. The average Bonchev–Trinajstić information content (AvgIpc) is 0.881. The van der Waals surface area contributed by atoms with Gasteiger partial charge in [-0.15, -0.1) is 0 Å². The molecule has 0 amide bonds. The fraction of sp³-hybridized carbons (Fsp3) is 0.476. The highest BCUT2D eigenvalue weighted by atomic mass is 16.1. The van der Waals surface area contributed by atoms with Crippen LogP contribution in [0.25, 0.3) is 0 Å². The summed E-state index contributed by atoms with van der Waals surface area (Å²) in [6.07, 6.45) is 51.2. The quantitative estimate of drug-likeness (QED) is 0.0441. The van der Waals surface area contributed by atoms with E-state index >= 15 is 0 Å². The van der Waals surface area contributed by atoms with Gasteiger partial charge in [-0.1, -0.05) is 286 Å². The summed E-state index contributed by atoms with van der Waals surface area (Å²) in [6.45, 7) is 63.6. The highest BCUT2D eigenvalue weighted by Crippen LogP contribution is 2.23. The van der Waals surface area contributed by atoms with Crippen LogP contribution in [0.4, 0.5) is 0 Å². The summed E-state index contributed by atoms with van der Waals surface area (Å²) in [5, 5.41) is 15.2. The number of rotatable bonds is 28. The number of nitrogens with zero attached hydrogens (tertiary/aromatic N) is 18. The molecule has 147 heavy (non-hydrogen) atoms. The largest absolute Gasteiger partial charge is 0.319 e. The molecule has 21 nitrogen and oxygen atoms in total. The number of hydrogen-bond donors (Lipinski definition) is 0. The maximum atomic E-state index is 11.5. The molecule has 2 aromatic carbocycles. The van der Waals surface area contributed by atoms with Gasteiger partial charge in [-0.2, -0.15) is 20.4 Å². The first-order valence-electron chi connectivity index (χ1n) is 53.1. The van der Waals surface area contributed by atoms with Crippen LogP contribution in [0.2, 0.25) is 0 Å². The molecule has 0 radical (unpaired) electrons. The molecule has 12 aromatic heterocycles. The van der Waals surface area contributed by atoms with Gasteiger partial charge in [0.15, 0.2) is 0 Å². The zero-order chi connectivity index (χ0) is 110. The summed E-state index contributed by atoms with van der Waals surface area (Å²) in [7, 11) is 5.33. The predicted molar refractivity (Wildman–Crippen MR) is 617 cm³/mol. The van der Waals surface area contributed by atoms with Gasteiger partial charge in [0.2, 0.25) is 5.56 Å². The van der Waals surface area contributed by atoms with Gasteiger partial charge in [0.1, 0.15) is 18.5 Å². The number of pyridine rings is 6. The minimum absolute atomic E-state index is 0.0579. The van der Waals surface area contributed by atoms with Gasteiger partial charge in [0, 0.05) is 168 Å². The van der Waals surface area contributed by atoms with Crippen molar-refractivity contribution in [3.63, 3.8) is 0 Å². The Morgan fingerprint density at radius 2 is 0.687 bits per heavy atom. The maximum Gasteiger partial charge on any atom is 0.253 e.